The minimum absolute atomic E-state index is 0.206. The molecule has 0 bridgehead atoms. The highest BCUT2D eigenvalue weighted by atomic mass is 32.1. The summed E-state index contributed by atoms with van der Waals surface area (Å²) in [7, 11) is 1.36. The van der Waals surface area contributed by atoms with E-state index in [9.17, 15) is 9.59 Å². The van der Waals surface area contributed by atoms with Gasteiger partial charge in [-0.2, -0.15) is 0 Å². The Morgan fingerprint density at radius 1 is 1.30 bits per heavy atom. The molecule has 0 fully saturated rings. The second-order valence-electron chi connectivity index (χ2n) is 7.16. The maximum Gasteiger partial charge on any atom is 0.341 e. The van der Waals surface area contributed by atoms with Crippen molar-refractivity contribution in [3.05, 3.63) is 45.8 Å². The molecule has 1 aromatic heterocycles. The Kier molecular flexibility index (Phi) is 6.06. The van der Waals surface area contributed by atoms with E-state index >= 15 is 0 Å². The fourth-order valence-electron chi connectivity index (χ4n) is 3.71. The first-order chi connectivity index (χ1) is 14.6. The largest absolute Gasteiger partial charge is 0.465 e. The number of hydrogen-bond acceptors (Lipinski definition) is 7. The zero-order valence-corrected chi connectivity index (χ0v) is 17.8. The molecule has 0 spiro atoms. The van der Waals surface area contributed by atoms with Gasteiger partial charge < -0.3 is 19.5 Å². The van der Waals surface area contributed by atoms with Crippen molar-refractivity contribution < 1.29 is 23.8 Å². The maximum atomic E-state index is 12.6. The first-order valence-corrected chi connectivity index (χ1v) is 10.7. The van der Waals surface area contributed by atoms with Crippen LogP contribution < -0.4 is 14.8 Å². The van der Waals surface area contributed by atoms with Crippen LogP contribution in [0.4, 0.5) is 5.00 Å². The van der Waals surface area contributed by atoms with Gasteiger partial charge in [0.2, 0.25) is 12.7 Å². The van der Waals surface area contributed by atoms with Crippen LogP contribution in [0.1, 0.15) is 39.7 Å². The van der Waals surface area contributed by atoms with Gasteiger partial charge in [-0.3, -0.25) is 9.69 Å². The van der Waals surface area contributed by atoms with Crippen LogP contribution in [-0.4, -0.2) is 43.8 Å². The highest BCUT2D eigenvalue weighted by Crippen LogP contribution is 2.38. The van der Waals surface area contributed by atoms with E-state index in [0.717, 1.165) is 48.5 Å². The molecule has 7 nitrogen and oxygen atoms in total. The number of nitrogens with zero attached hydrogens (tertiary/aromatic N) is 1. The van der Waals surface area contributed by atoms with E-state index in [1.165, 1.54) is 24.5 Å². The number of carbonyl (C=O) groups is 2. The molecule has 2 aliphatic rings. The van der Waals surface area contributed by atoms with Crippen LogP contribution in [0.15, 0.2) is 24.3 Å². The van der Waals surface area contributed by atoms with E-state index < -0.39 is 5.97 Å². The van der Waals surface area contributed by atoms with Crippen LogP contribution in [-0.2, 0) is 22.5 Å². The predicted octanol–water partition coefficient (Wildman–Crippen LogP) is 3.68. The molecular weight excluding hydrogens is 404 g/mol. The van der Waals surface area contributed by atoms with Gasteiger partial charge >= 0.3 is 5.97 Å². The Balaban J connectivity index is 1.52. The minimum atomic E-state index is -0.411. The monoisotopic (exact) mass is 428 g/mol. The number of rotatable bonds is 6. The van der Waals surface area contributed by atoms with Gasteiger partial charge in [0.05, 0.1) is 12.7 Å². The molecule has 2 aromatic rings. The molecule has 0 atom stereocenters. The molecule has 2 aliphatic heterocycles. The molecule has 1 amide bonds. The van der Waals surface area contributed by atoms with Gasteiger partial charge in [-0.05, 0) is 48.7 Å². The number of anilines is 1. The van der Waals surface area contributed by atoms with E-state index in [1.807, 2.05) is 18.2 Å². The minimum Gasteiger partial charge on any atom is -0.465 e. The number of fused-ring (bicyclic) bond motifs is 2. The number of nitrogens with one attached hydrogen (secondary N) is 1. The Morgan fingerprint density at radius 3 is 2.93 bits per heavy atom. The first-order valence-electron chi connectivity index (χ1n) is 9.93. The smallest absolute Gasteiger partial charge is 0.341 e. The number of esters is 1. The van der Waals surface area contributed by atoms with Gasteiger partial charge in [-0.1, -0.05) is 13.0 Å². The molecule has 30 heavy (non-hydrogen) atoms. The summed E-state index contributed by atoms with van der Waals surface area (Å²) in [5.41, 5.74) is 2.30. The molecule has 0 unspecified atom stereocenters. The summed E-state index contributed by atoms with van der Waals surface area (Å²) in [6.45, 7) is 5.07. The highest BCUT2D eigenvalue weighted by molar-refractivity contribution is 7.17. The Labute approximate surface area is 179 Å². The summed E-state index contributed by atoms with van der Waals surface area (Å²) in [6.07, 6.45) is 5.00. The molecule has 1 N–H and O–H groups in total. The van der Waals surface area contributed by atoms with Gasteiger partial charge in [0.15, 0.2) is 11.5 Å². The lowest BCUT2D eigenvalue weighted by molar-refractivity contribution is -0.111. The van der Waals surface area contributed by atoms with Crippen molar-refractivity contribution in [3.8, 4) is 11.5 Å². The van der Waals surface area contributed by atoms with E-state index in [4.69, 9.17) is 14.2 Å². The van der Waals surface area contributed by atoms with Gasteiger partial charge in [0.1, 0.15) is 5.00 Å². The van der Waals surface area contributed by atoms with Crippen molar-refractivity contribution in [2.24, 2.45) is 0 Å². The third-order valence-corrected chi connectivity index (χ3v) is 6.26. The van der Waals surface area contributed by atoms with Crippen LogP contribution in [0, 0.1) is 0 Å². The summed E-state index contributed by atoms with van der Waals surface area (Å²) in [4.78, 5) is 28.5. The molecule has 0 saturated heterocycles. The number of amides is 1. The van der Waals surface area contributed by atoms with Gasteiger partial charge in [0.25, 0.3) is 0 Å². The molecule has 8 heteroatoms. The van der Waals surface area contributed by atoms with Crippen LogP contribution in [0.3, 0.4) is 0 Å². The van der Waals surface area contributed by atoms with Gasteiger partial charge in [-0.15, -0.1) is 11.3 Å². The molecule has 1 aromatic carbocycles. The summed E-state index contributed by atoms with van der Waals surface area (Å²) in [5, 5.41) is 3.42. The number of carbonyl (C=O) groups excluding carboxylic acids is 2. The third kappa shape index (κ3) is 4.20. The summed E-state index contributed by atoms with van der Waals surface area (Å²) in [6, 6.07) is 5.48. The zero-order valence-electron chi connectivity index (χ0n) is 17.0. The zero-order chi connectivity index (χ0) is 21.1. The molecule has 158 valence electrons. The number of benzene rings is 1. The standard InChI is InChI=1S/C22H24N2O5S/c1-3-9-24-10-8-15-18(12-24)30-21(20(15)22(26)27-2)23-19(25)7-5-14-4-6-16-17(11-14)29-13-28-16/h4-7,11H,3,8-10,12-13H2,1-2H3,(H,23,25)/b7-5+. The Hall–Kier alpha value is -2.84. The van der Waals surface area contributed by atoms with E-state index in [2.05, 4.69) is 17.1 Å². The fraction of sp³-hybridized carbons (Fsp3) is 0.364. The summed E-state index contributed by atoms with van der Waals surface area (Å²) < 4.78 is 15.6. The fourth-order valence-corrected chi connectivity index (χ4v) is 4.99. The number of ether oxygens (including phenoxy) is 3. The average molecular weight is 429 g/mol. The van der Waals surface area contributed by atoms with Crippen molar-refractivity contribution in [2.75, 3.05) is 32.3 Å². The lowest BCUT2D eigenvalue weighted by Crippen LogP contribution is -2.30. The highest BCUT2D eigenvalue weighted by Gasteiger charge is 2.28. The normalized spacial score (nSPS) is 15.3. The number of methoxy groups -OCH3 is 1. The lowest BCUT2D eigenvalue weighted by atomic mass is 10.0. The average Bonchev–Trinajstić information content (AvgIpc) is 3.35. The molecule has 3 heterocycles. The maximum absolute atomic E-state index is 12.6. The van der Waals surface area contributed by atoms with Crippen LogP contribution in [0.5, 0.6) is 11.5 Å². The molecule has 4 rings (SSSR count). The second-order valence-corrected chi connectivity index (χ2v) is 8.27. The van der Waals surface area contributed by atoms with Crippen molar-refractivity contribution in [1.82, 2.24) is 4.90 Å². The molecule has 0 radical (unpaired) electrons. The number of thiophene rings is 1. The van der Waals surface area contributed by atoms with Crippen molar-refractivity contribution in [3.63, 3.8) is 0 Å². The first kappa shape index (κ1) is 20.4. The lowest BCUT2D eigenvalue weighted by Gasteiger charge is -2.26. The third-order valence-electron chi connectivity index (χ3n) is 5.13. The summed E-state index contributed by atoms with van der Waals surface area (Å²) >= 11 is 1.46. The van der Waals surface area contributed by atoms with E-state index in [1.54, 1.807) is 6.08 Å². The van der Waals surface area contributed by atoms with Gasteiger partial charge in [0, 0.05) is 24.0 Å². The van der Waals surface area contributed by atoms with Crippen LogP contribution in [0.2, 0.25) is 0 Å². The van der Waals surface area contributed by atoms with Crippen molar-refractivity contribution >= 4 is 34.3 Å². The SMILES string of the molecule is CCCN1CCc2c(sc(NC(=O)/C=C/c3ccc4c(c3)OCO4)c2C(=O)OC)C1. The van der Waals surface area contributed by atoms with E-state index in [-0.39, 0.29) is 12.7 Å². The van der Waals surface area contributed by atoms with Crippen molar-refractivity contribution in [2.45, 2.75) is 26.3 Å². The van der Waals surface area contributed by atoms with Crippen LogP contribution >= 0.6 is 11.3 Å². The quantitative estimate of drug-likeness (QED) is 0.559. The van der Waals surface area contributed by atoms with Crippen molar-refractivity contribution in [1.29, 1.82) is 0 Å². The molecule has 0 aliphatic carbocycles. The number of hydrogen-bond donors (Lipinski definition) is 1. The summed E-state index contributed by atoms with van der Waals surface area (Å²) in [5.74, 6) is 0.641. The van der Waals surface area contributed by atoms with Crippen LogP contribution in [0.25, 0.3) is 6.08 Å². The molecular formula is C22H24N2O5S. The molecule has 0 saturated carbocycles. The Bertz CT molecular complexity index is 998. The van der Waals surface area contributed by atoms with Gasteiger partial charge in [-0.25, -0.2) is 4.79 Å². The predicted molar refractivity (Wildman–Crippen MR) is 115 cm³/mol. The van der Waals surface area contributed by atoms with E-state index in [0.29, 0.717) is 22.1 Å². The topological polar surface area (TPSA) is 77.1 Å². The Morgan fingerprint density at radius 2 is 2.13 bits per heavy atom. The second kappa shape index (κ2) is 8.89.